The summed E-state index contributed by atoms with van der Waals surface area (Å²) in [6.07, 6.45) is 2.38. The molecule has 0 unspecified atom stereocenters. The van der Waals surface area contributed by atoms with Gasteiger partial charge in [-0.25, -0.2) is 13.8 Å². The number of hydrogen-bond acceptors (Lipinski definition) is 6. The lowest BCUT2D eigenvalue weighted by atomic mass is 9.98. The molecule has 1 aliphatic heterocycles. The smallest absolute Gasteiger partial charge is 0.243 e. The van der Waals surface area contributed by atoms with E-state index in [0.29, 0.717) is 43.0 Å². The maximum Gasteiger partial charge on any atom is 0.243 e. The Labute approximate surface area is 182 Å². The fourth-order valence-corrected chi connectivity index (χ4v) is 4.96. The molecule has 1 aliphatic rings. The van der Waals surface area contributed by atoms with Crippen LogP contribution in [0.25, 0.3) is 0 Å². The van der Waals surface area contributed by atoms with Crippen LogP contribution < -0.4 is 14.9 Å². The van der Waals surface area contributed by atoms with Gasteiger partial charge in [-0.1, -0.05) is 23.8 Å². The predicted octanol–water partition coefficient (Wildman–Crippen LogP) is 2.56. The van der Waals surface area contributed by atoms with E-state index in [2.05, 4.69) is 10.5 Å². The highest BCUT2D eigenvalue weighted by atomic mass is 32.2. The van der Waals surface area contributed by atoms with Gasteiger partial charge < -0.3 is 9.47 Å². The lowest BCUT2D eigenvalue weighted by Gasteiger charge is -2.30. The third kappa shape index (κ3) is 5.23. The first-order valence-electron chi connectivity index (χ1n) is 9.97. The molecule has 1 saturated heterocycles. The summed E-state index contributed by atoms with van der Waals surface area (Å²) in [7, 11) is -0.467. The van der Waals surface area contributed by atoms with Gasteiger partial charge in [-0.2, -0.15) is 9.41 Å². The number of methoxy groups -OCH3 is 2. The number of sulfonamides is 1. The normalized spacial score (nSPS) is 15.7. The molecule has 0 spiro atoms. The summed E-state index contributed by atoms with van der Waals surface area (Å²) in [5.74, 6) is 0.567. The number of piperidine rings is 1. The molecule has 0 aromatic heterocycles. The van der Waals surface area contributed by atoms with Gasteiger partial charge in [-0.15, -0.1) is 0 Å². The lowest BCUT2D eigenvalue weighted by molar-refractivity contribution is -0.126. The lowest BCUT2D eigenvalue weighted by Crippen LogP contribution is -2.42. The highest BCUT2D eigenvalue weighted by molar-refractivity contribution is 7.89. The monoisotopic (exact) mass is 445 g/mol. The van der Waals surface area contributed by atoms with Crippen LogP contribution in [0, 0.1) is 12.8 Å². The Morgan fingerprint density at radius 1 is 1.10 bits per heavy atom. The van der Waals surface area contributed by atoms with E-state index in [0.717, 1.165) is 5.56 Å². The number of hydrogen-bond donors (Lipinski definition) is 1. The highest BCUT2D eigenvalue weighted by Crippen LogP contribution is 2.29. The first kappa shape index (κ1) is 22.8. The van der Waals surface area contributed by atoms with Gasteiger partial charge in [0.2, 0.25) is 15.9 Å². The molecule has 0 aliphatic carbocycles. The van der Waals surface area contributed by atoms with Crippen LogP contribution in [0.2, 0.25) is 0 Å². The SMILES string of the molecule is COc1cccc(/C=N\NC(=O)C2CCN(S(=O)(=O)c3ccc(C)cc3)CC2)c1OC. The van der Waals surface area contributed by atoms with E-state index >= 15 is 0 Å². The molecule has 3 rings (SSSR count). The van der Waals surface area contributed by atoms with Crippen molar-refractivity contribution >= 4 is 22.1 Å². The van der Waals surface area contributed by atoms with Crippen molar-refractivity contribution in [3.05, 3.63) is 53.6 Å². The van der Waals surface area contributed by atoms with E-state index in [1.54, 1.807) is 49.6 Å². The molecule has 1 amide bonds. The molecule has 1 heterocycles. The van der Waals surface area contributed by atoms with Crippen LogP contribution in [0.15, 0.2) is 52.5 Å². The quantitative estimate of drug-likeness (QED) is 0.522. The zero-order chi connectivity index (χ0) is 22.4. The molecule has 166 valence electrons. The van der Waals surface area contributed by atoms with Gasteiger partial charge in [0, 0.05) is 24.6 Å². The molecule has 0 saturated carbocycles. The molecule has 2 aromatic carbocycles. The zero-order valence-corrected chi connectivity index (χ0v) is 18.7. The molecule has 31 heavy (non-hydrogen) atoms. The summed E-state index contributed by atoms with van der Waals surface area (Å²) in [6, 6.07) is 12.2. The minimum Gasteiger partial charge on any atom is -0.493 e. The zero-order valence-electron chi connectivity index (χ0n) is 17.9. The van der Waals surface area contributed by atoms with Crippen molar-refractivity contribution in [1.29, 1.82) is 0 Å². The van der Waals surface area contributed by atoms with Crippen LogP contribution in [0.4, 0.5) is 0 Å². The van der Waals surface area contributed by atoms with E-state index in [4.69, 9.17) is 9.47 Å². The molecule has 2 aromatic rings. The van der Waals surface area contributed by atoms with Crippen LogP contribution in [0.5, 0.6) is 11.5 Å². The average Bonchev–Trinajstić information content (AvgIpc) is 2.79. The second kappa shape index (κ2) is 9.93. The van der Waals surface area contributed by atoms with Crippen LogP contribution in [-0.2, 0) is 14.8 Å². The fourth-order valence-electron chi connectivity index (χ4n) is 3.49. The summed E-state index contributed by atoms with van der Waals surface area (Å²) in [5, 5.41) is 4.03. The number of ether oxygens (including phenoxy) is 2. The number of benzene rings is 2. The summed E-state index contributed by atoms with van der Waals surface area (Å²) >= 11 is 0. The molecule has 8 nitrogen and oxygen atoms in total. The first-order chi connectivity index (χ1) is 14.9. The van der Waals surface area contributed by atoms with E-state index in [-0.39, 0.29) is 16.7 Å². The minimum atomic E-state index is -3.55. The molecule has 0 radical (unpaired) electrons. The topological polar surface area (TPSA) is 97.3 Å². The third-order valence-electron chi connectivity index (χ3n) is 5.30. The Hall–Kier alpha value is -2.91. The summed E-state index contributed by atoms with van der Waals surface area (Å²) < 4.78 is 37.6. The van der Waals surface area contributed by atoms with Crippen LogP contribution in [0.3, 0.4) is 0 Å². The Balaban J connectivity index is 1.57. The average molecular weight is 446 g/mol. The van der Waals surface area contributed by atoms with Crippen molar-refractivity contribution in [2.75, 3.05) is 27.3 Å². The van der Waals surface area contributed by atoms with Crippen molar-refractivity contribution in [3.63, 3.8) is 0 Å². The Morgan fingerprint density at radius 2 is 1.77 bits per heavy atom. The van der Waals surface area contributed by atoms with Gasteiger partial charge in [0.1, 0.15) is 0 Å². The maximum atomic E-state index is 12.8. The van der Waals surface area contributed by atoms with Gasteiger partial charge in [0.05, 0.1) is 25.3 Å². The summed E-state index contributed by atoms with van der Waals surface area (Å²) in [5.41, 5.74) is 4.22. The number of hydrazone groups is 1. The summed E-state index contributed by atoms with van der Waals surface area (Å²) in [6.45, 7) is 2.50. The molecular weight excluding hydrogens is 418 g/mol. The number of rotatable bonds is 7. The van der Waals surface area contributed by atoms with E-state index in [1.807, 2.05) is 6.92 Å². The van der Waals surface area contributed by atoms with E-state index in [1.165, 1.54) is 17.6 Å². The fraction of sp³-hybridized carbons (Fsp3) is 0.364. The van der Waals surface area contributed by atoms with Gasteiger partial charge in [-0.3, -0.25) is 4.79 Å². The minimum absolute atomic E-state index is 0.231. The first-order valence-corrected chi connectivity index (χ1v) is 11.4. The van der Waals surface area contributed by atoms with Crippen molar-refractivity contribution in [2.45, 2.75) is 24.7 Å². The number of amides is 1. The van der Waals surface area contributed by atoms with Crippen molar-refractivity contribution in [3.8, 4) is 11.5 Å². The number of nitrogens with zero attached hydrogens (tertiary/aromatic N) is 2. The summed E-state index contributed by atoms with van der Waals surface area (Å²) in [4.78, 5) is 12.8. The molecular formula is C22H27N3O5S. The van der Waals surface area contributed by atoms with Crippen LogP contribution in [-0.4, -0.2) is 52.2 Å². The second-order valence-corrected chi connectivity index (χ2v) is 9.25. The molecule has 0 atom stereocenters. The van der Waals surface area contributed by atoms with Crippen molar-refractivity contribution < 1.29 is 22.7 Å². The standard InChI is InChI=1S/C22H27N3O5S/c1-16-7-9-19(10-8-16)31(27,28)25-13-11-17(12-14-25)22(26)24-23-15-18-5-4-6-20(29-2)21(18)30-3/h4-10,15,17H,11-14H2,1-3H3,(H,24,26)/b23-15-. The molecule has 1 N–H and O–H groups in total. The van der Waals surface area contributed by atoms with Gasteiger partial charge >= 0.3 is 0 Å². The van der Waals surface area contributed by atoms with Crippen LogP contribution >= 0.6 is 0 Å². The van der Waals surface area contributed by atoms with Gasteiger partial charge in [-0.05, 0) is 44.0 Å². The number of carbonyl (C=O) groups excluding carboxylic acids is 1. The number of nitrogens with one attached hydrogen (secondary N) is 1. The number of carbonyl (C=O) groups is 1. The Kier molecular flexibility index (Phi) is 7.29. The van der Waals surface area contributed by atoms with E-state index < -0.39 is 10.0 Å². The Bertz CT molecular complexity index is 1040. The highest BCUT2D eigenvalue weighted by Gasteiger charge is 2.32. The number of para-hydroxylation sites is 1. The Morgan fingerprint density at radius 3 is 2.39 bits per heavy atom. The van der Waals surface area contributed by atoms with Gasteiger partial charge in [0.15, 0.2) is 11.5 Å². The largest absolute Gasteiger partial charge is 0.493 e. The molecule has 9 heteroatoms. The molecule has 0 bridgehead atoms. The second-order valence-electron chi connectivity index (χ2n) is 7.31. The van der Waals surface area contributed by atoms with Crippen LogP contribution in [0.1, 0.15) is 24.0 Å². The number of aryl methyl sites for hydroxylation is 1. The van der Waals surface area contributed by atoms with Crippen molar-refractivity contribution in [2.24, 2.45) is 11.0 Å². The predicted molar refractivity (Wildman–Crippen MR) is 118 cm³/mol. The maximum absolute atomic E-state index is 12.8. The molecule has 1 fully saturated rings. The third-order valence-corrected chi connectivity index (χ3v) is 7.21. The van der Waals surface area contributed by atoms with Crippen molar-refractivity contribution in [1.82, 2.24) is 9.73 Å². The van der Waals surface area contributed by atoms with E-state index in [9.17, 15) is 13.2 Å². The van der Waals surface area contributed by atoms with Gasteiger partial charge in [0.25, 0.3) is 0 Å².